The molecule has 0 bridgehead atoms. The van der Waals surface area contributed by atoms with Gasteiger partial charge in [-0.1, -0.05) is 0 Å². The molecule has 22 heavy (non-hydrogen) atoms. The summed E-state index contributed by atoms with van der Waals surface area (Å²) in [5.41, 5.74) is 5.33. The molecule has 3 nitrogen and oxygen atoms in total. The van der Waals surface area contributed by atoms with E-state index >= 15 is 0 Å². The van der Waals surface area contributed by atoms with Gasteiger partial charge in [-0.05, 0) is 81.6 Å². The molecule has 1 aromatic carbocycles. The molecule has 2 heterocycles. The average molecular weight is 297 g/mol. The molecule has 1 aromatic heterocycles. The molecule has 0 saturated carbocycles. The number of pyridine rings is 1. The van der Waals surface area contributed by atoms with Crippen LogP contribution in [-0.2, 0) is 6.42 Å². The van der Waals surface area contributed by atoms with Crippen molar-refractivity contribution in [3.05, 3.63) is 41.1 Å². The molecule has 2 aromatic rings. The third kappa shape index (κ3) is 3.47. The predicted octanol–water partition coefficient (Wildman–Crippen LogP) is 3.38. The molecule has 1 saturated heterocycles. The van der Waals surface area contributed by atoms with E-state index in [-0.39, 0.29) is 0 Å². The zero-order valence-electron chi connectivity index (χ0n) is 14.1. The van der Waals surface area contributed by atoms with E-state index in [1.165, 1.54) is 61.0 Å². The van der Waals surface area contributed by atoms with Crippen molar-refractivity contribution in [1.82, 2.24) is 14.8 Å². The molecule has 3 rings (SSSR count). The molecule has 0 N–H and O–H groups in total. The first-order valence-corrected chi connectivity index (χ1v) is 8.39. The number of likely N-dealkylation sites (N-methyl/N-ethyl adjacent to an activating group) is 1. The van der Waals surface area contributed by atoms with Crippen molar-refractivity contribution in [3.63, 3.8) is 0 Å². The number of unbranched alkanes of at least 4 members (excludes halogenated alkanes) is 1. The van der Waals surface area contributed by atoms with Crippen LogP contribution in [-0.4, -0.2) is 48.1 Å². The lowest BCUT2D eigenvalue weighted by Crippen LogP contribution is -2.24. The summed E-state index contributed by atoms with van der Waals surface area (Å²) in [5.74, 6) is 0. The van der Waals surface area contributed by atoms with Crippen LogP contribution in [0.3, 0.4) is 0 Å². The Labute approximate surface area is 133 Å². The first-order valence-electron chi connectivity index (χ1n) is 8.39. The predicted molar refractivity (Wildman–Crippen MR) is 93.2 cm³/mol. The summed E-state index contributed by atoms with van der Waals surface area (Å²) in [7, 11) is 2.20. The topological polar surface area (TPSA) is 19.4 Å². The van der Waals surface area contributed by atoms with E-state index in [1.54, 1.807) is 0 Å². The number of hydrogen-bond acceptors (Lipinski definition) is 3. The Bertz CT molecular complexity index is 650. The Hall–Kier alpha value is -1.45. The zero-order valence-corrected chi connectivity index (χ0v) is 14.1. The first-order chi connectivity index (χ1) is 10.6. The van der Waals surface area contributed by atoms with Crippen LogP contribution < -0.4 is 0 Å². The largest absolute Gasteiger partial charge is 0.292 e. The second-order valence-electron chi connectivity index (χ2n) is 6.72. The summed E-state index contributed by atoms with van der Waals surface area (Å²) < 4.78 is 0. The van der Waals surface area contributed by atoms with Gasteiger partial charge in [-0.2, -0.15) is 0 Å². The molecular formula is C19H27N3. The fourth-order valence-electron chi connectivity index (χ4n) is 3.38. The maximum Gasteiger partial charge on any atom is 0.0707 e. The monoisotopic (exact) mass is 297 g/mol. The lowest BCUT2D eigenvalue weighted by molar-refractivity contribution is 0.270. The first kappa shape index (κ1) is 15.4. The molecule has 0 unspecified atom stereocenters. The molecule has 0 spiro atoms. The average Bonchev–Trinajstić information content (AvgIpc) is 2.91. The fourth-order valence-corrected chi connectivity index (χ4v) is 3.38. The standard InChI is InChI=1S/C19H27N3/c1-15-7-8-20-19-13-17(16(2)12-18(15)19)6-4-5-9-22-11-10-21(3)14-22/h7-8,12-13H,4-6,9-11,14H2,1-3H3. The fraction of sp³-hybridized carbons (Fsp3) is 0.526. The van der Waals surface area contributed by atoms with Gasteiger partial charge in [0.15, 0.2) is 0 Å². The van der Waals surface area contributed by atoms with Crippen LogP contribution >= 0.6 is 0 Å². The third-order valence-corrected chi connectivity index (χ3v) is 4.83. The second-order valence-corrected chi connectivity index (χ2v) is 6.72. The van der Waals surface area contributed by atoms with Gasteiger partial charge in [-0.3, -0.25) is 14.8 Å². The van der Waals surface area contributed by atoms with E-state index in [4.69, 9.17) is 0 Å². The third-order valence-electron chi connectivity index (χ3n) is 4.83. The van der Waals surface area contributed by atoms with Crippen LogP contribution in [0.1, 0.15) is 29.5 Å². The number of fused-ring (bicyclic) bond motifs is 1. The van der Waals surface area contributed by atoms with Gasteiger partial charge in [0.25, 0.3) is 0 Å². The molecule has 118 valence electrons. The highest BCUT2D eigenvalue weighted by Gasteiger charge is 2.15. The Morgan fingerprint density at radius 1 is 1.09 bits per heavy atom. The number of hydrogen-bond donors (Lipinski definition) is 0. The van der Waals surface area contributed by atoms with Gasteiger partial charge in [0.2, 0.25) is 0 Å². The van der Waals surface area contributed by atoms with Crippen LogP contribution in [0.4, 0.5) is 0 Å². The molecule has 1 fully saturated rings. The second kappa shape index (κ2) is 6.76. The van der Waals surface area contributed by atoms with Crippen LogP contribution in [0.5, 0.6) is 0 Å². The zero-order chi connectivity index (χ0) is 15.5. The van der Waals surface area contributed by atoms with Crippen LogP contribution in [0.15, 0.2) is 24.4 Å². The van der Waals surface area contributed by atoms with Crippen molar-refractivity contribution < 1.29 is 0 Å². The van der Waals surface area contributed by atoms with Crippen molar-refractivity contribution in [2.45, 2.75) is 33.1 Å². The molecule has 3 heteroatoms. The van der Waals surface area contributed by atoms with Gasteiger partial charge >= 0.3 is 0 Å². The van der Waals surface area contributed by atoms with E-state index in [0.717, 1.165) is 12.2 Å². The molecule has 1 aliphatic heterocycles. The smallest absolute Gasteiger partial charge is 0.0707 e. The summed E-state index contributed by atoms with van der Waals surface area (Å²) in [4.78, 5) is 9.47. The summed E-state index contributed by atoms with van der Waals surface area (Å²) >= 11 is 0. The van der Waals surface area contributed by atoms with Crippen molar-refractivity contribution >= 4 is 10.9 Å². The van der Waals surface area contributed by atoms with Gasteiger partial charge in [0.1, 0.15) is 0 Å². The SMILES string of the molecule is Cc1cc2c(C)ccnc2cc1CCCCN1CCN(C)C1. The number of aromatic nitrogens is 1. The van der Waals surface area contributed by atoms with Crippen LogP contribution in [0, 0.1) is 13.8 Å². The van der Waals surface area contributed by atoms with Crippen molar-refractivity contribution in [1.29, 1.82) is 0 Å². The molecule has 0 aliphatic carbocycles. The van der Waals surface area contributed by atoms with E-state index in [9.17, 15) is 0 Å². The number of aryl methyl sites for hydroxylation is 3. The molecule has 0 amide bonds. The van der Waals surface area contributed by atoms with Gasteiger partial charge in [-0.25, -0.2) is 0 Å². The van der Waals surface area contributed by atoms with Crippen molar-refractivity contribution in [2.24, 2.45) is 0 Å². The van der Waals surface area contributed by atoms with Crippen LogP contribution in [0.2, 0.25) is 0 Å². The molecule has 1 aliphatic rings. The minimum atomic E-state index is 1.14. The molecule has 0 radical (unpaired) electrons. The number of rotatable bonds is 5. The van der Waals surface area contributed by atoms with Gasteiger partial charge < -0.3 is 0 Å². The lowest BCUT2D eigenvalue weighted by Gasteiger charge is -2.15. The van der Waals surface area contributed by atoms with Gasteiger partial charge in [0, 0.05) is 24.7 Å². The van der Waals surface area contributed by atoms with Crippen LogP contribution in [0.25, 0.3) is 10.9 Å². The van der Waals surface area contributed by atoms with E-state index in [2.05, 4.69) is 53.9 Å². The highest BCUT2D eigenvalue weighted by molar-refractivity contribution is 5.83. The highest BCUT2D eigenvalue weighted by Crippen LogP contribution is 2.22. The molecule has 0 atom stereocenters. The summed E-state index contributed by atoms with van der Waals surface area (Å²) in [6, 6.07) is 6.69. The number of benzene rings is 1. The Kier molecular flexibility index (Phi) is 4.74. The van der Waals surface area contributed by atoms with E-state index in [0.29, 0.717) is 0 Å². The van der Waals surface area contributed by atoms with E-state index in [1.807, 2.05) is 6.20 Å². The van der Waals surface area contributed by atoms with Crippen molar-refractivity contribution in [2.75, 3.05) is 33.4 Å². The minimum absolute atomic E-state index is 1.14. The normalized spacial score (nSPS) is 16.7. The van der Waals surface area contributed by atoms with E-state index < -0.39 is 0 Å². The highest BCUT2D eigenvalue weighted by atomic mass is 15.4. The Balaban J connectivity index is 1.58. The quantitative estimate of drug-likeness (QED) is 0.789. The molecular weight excluding hydrogens is 270 g/mol. The van der Waals surface area contributed by atoms with Gasteiger partial charge in [0.05, 0.1) is 12.2 Å². The summed E-state index contributed by atoms with van der Waals surface area (Å²) in [5, 5.41) is 1.30. The van der Waals surface area contributed by atoms with Gasteiger partial charge in [-0.15, -0.1) is 0 Å². The summed E-state index contributed by atoms with van der Waals surface area (Å²) in [6.07, 6.45) is 5.63. The lowest BCUT2D eigenvalue weighted by atomic mass is 9.98. The minimum Gasteiger partial charge on any atom is -0.292 e. The number of nitrogens with zero attached hydrogens (tertiary/aromatic N) is 3. The van der Waals surface area contributed by atoms with Crippen molar-refractivity contribution in [3.8, 4) is 0 Å². The Morgan fingerprint density at radius 2 is 1.95 bits per heavy atom. The maximum atomic E-state index is 4.53. The Morgan fingerprint density at radius 3 is 2.73 bits per heavy atom. The maximum absolute atomic E-state index is 4.53. The summed E-state index contributed by atoms with van der Waals surface area (Å²) in [6.45, 7) is 9.21.